The molecule has 2 N–H and O–H groups in total. The van der Waals surface area contributed by atoms with Crippen LogP contribution in [0.15, 0.2) is 24.3 Å². The average Bonchev–Trinajstić information content (AvgIpc) is 3.32. The van der Waals surface area contributed by atoms with Crippen molar-refractivity contribution in [2.45, 2.75) is 39.0 Å². The summed E-state index contributed by atoms with van der Waals surface area (Å²) in [6, 6.07) is 7.90. The molecular weight excluding hydrogens is 304 g/mol. The highest BCUT2D eigenvalue weighted by Crippen LogP contribution is 2.39. The number of amides is 2. The van der Waals surface area contributed by atoms with Crippen molar-refractivity contribution in [1.29, 1.82) is 0 Å². The molecule has 2 amide bonds. The monoisotopic (exact) mass is 332 g/mol. The largest absolute Gasteiger partial charge is 0.385 e. The fraction of sp³-hybridized carbons (Fsp3) is 0.579. The van der Waals surface area contributed by atoms with Gasteiger partial charge in [0.15, 0.2) is 0 Å². The van der Waals surface area contributed by atoms with Gasteiger partial charge in [-0.15, -0.1) is 0 Å². The van der Waals surface area contributed by atoms with Gasteiger partial charge in [-0.2, -0.15) is 0 Å². The summed E-state index contributed by atoms with van der Waals surface area (Å²) in [5, 5.41) is 5.76. The number of rotatable bonds is 7. The zero-order chi connectivity index (χ0) is 17.7. The SMILES string of the molecule is COCCCNC(=O)C1CC1C(=O)Nc1ccc(C(C)(C)C)cc1. The van der Waals surface area contributed by atoms with E-state index in [0.29, 0.717) is 19.6 Å². The van der Waals surface area contributed by atoms with Crippen molar-refractivity contribution in [3.8, 4) is 0 Å². The predicted octanol–water partition coefficient (Wildman–Crippen LogP) is 2.71. The van der Waals surface area contributed by atoms with Gasteiger partial charge in [-0.3, -0.25) is 9.59 Å². The fourth-order valence-corrected chi connectivity index (χ4v) is 2.62. The number of nitrogens with one attached hydrogen (secondary N) is 2. The molecule has 0 aliphatic heterocycles. The lowest BCUT2D eigenvalue weighted by atomic mass is 9.87. The van der Waals surface area contributed by atoms with Crippen molar-refractivity contribution in [3.05, 3.63) is 29.8 Å². The lowest BCUT2D eigenvalue weighted by Crippen LogP contribution is -2.28. The fourth-order valence-electron chi connectivity index (χ4n) is 2.62. The van der Waals surface area contributed by atoms with E-state index in [0.717, 1.165) is 12.1 Å². The minimum absolute atomic E-state index is 0.0330. The molecule has 2 atom stereocenters. The van der Waals surface area contributed by atoms with E-state index in [1.54, 1.807) is 7.11 Å². The van der Waals surface area contributed by atoms with Gasteiger partial charge in [0.05, 0.1) is 11.8 Å². The second-order valence-electron chi connectivity index (χ2n) is 7.40. The first-order chi connectivity index (χ1) is 11.3. The molecule has 0 saturated heterocycles. The third kappa shape index (κ3) is 5.06. The van der Waals surface area contributed by atoms with Gasteiger partial charge >= 0.3 is 0 Å². The molecule has 2 rings (SSSR count). The number of ether oxygens (including phenoxy) is 1. The molecule has 1 aliphatic carbocycles. The second kappa shape index (κ2) is 7.79. The molecule has 0 bridgehead atoms. The standard InChI is InChI=1S/C19H28N2O3/c1-19(2,3)13-6-8-14(9-7-13)21-18(23)16-12-15(16)17(22)20-10-5-11-24-4/h6-9,15-16H,5,10-12H2,1-4H3,(H,20,22)(H,21,23). The number of hydrogen-bond donors (Lipinski definition) is 2. The topological polar surface area (TPSA) is 67.4 Å². The Hall–Kier alpha value is -1.88. The maximum Gasteiger partial charge on any atom is 0.228 e. The number of anilines is 1. The van der Waals surface area contributed by atoms with Crippen LogP contribution in [0.1, 0.15) is 39.2 Å². The van der Waals surface area contributed by atoms with E-state index in [-0.39, 0.29) is 29.1 Å². The van der Waals surface area contributed by atoms with Crippen LogP contribution in [0, 0.1) is 11.8 Å². The van der Waals surface area contributed by atoms with Crippen molar-refractivity contribution >= 4 is 17.5 Å². The van der Waals surface area contributed by atoms with E-state index < -0.39 is 0 Å². The molecule has 1 aromatic carbocycles. The average molecular weight is 332 g/mol. The van der Waals surface area contributed by atoms with Gasteiger partial charge in [0.1, 0.15) is 0 Å². The van der Waals surface area contributed by atoms with Gasteiger partial charge in [0.25, 0.3) is 0 Å². The maximum absolute atomic E-state index is 12.2. The van der Waals surface area contributed by atoms with E-state index in [1.165, 1.54) is 5.56 Å². The summed E-state index contributed by atoms with van der Waals surface area (Å²) >= 11 is 0. The highest BCUT2D eigenvalue weighted by Gasteiger charge is 2.47. The summed E-state index contributed by atoms with van der Waals surface area (Å²) in [6.45, 7) is 7.67. The summed E-state index contributed by atoms with van der Waals surface area (Å²) in [5.74, 6) is -0.513. The summed E-state index contributed by atoms with van der Waals surface area (Å²) in [6.07, 6.45) is 1.41. The molecular formula is C19H28N2O3. The van der Waals surface area contributed by atoms with Crippen LogP contribution in [-0.2, 0) is 19.7 Å². The normalized spacial score (nSPS) is 19.7. The van der Waals surface area contributed by atoms with Gasteiger partial charge in [-0.05, 0) is 36.0 Å². The second-order valence-corrected chi connectivity index (χ2v) is 7.40. The summed E-state index contributed by atoms with van der Waals surface area (Å²) in [7, 11) is 1.64. The smallest absolute Gasteiger partial charge is 0.228 e. The highest BCUT2D eigenvalue weighted by molar-refractivity contribution is 5.99. The summed E-state index contributed by atoms with van der Waals surface area (Å²) in [5.41, 5.74) is 2.09. The Morgan fingerprint density at radius 2 is 1.75 bits per heavy atom. The van der Waals surface area contributed by atoms with Gasteiger partial charge in [-0.25, -0.2) is 0 Å². The van der Waals surface area contributed by atoms with Crippen LogP contribution in [0.5, 0.6) is 0 Å². The molecule has 1 aromatic rings. The van der Waals surface area contributed by atoms with Gasteiger partial charge in [0, 0.05) is 25.9 Å². The van der Waals surface area contributed by atoms with Gasteiger partial charge in [0.2, 0.25) is 11.8 Å². The zero-order valence-electron chi connectivity index (χ0n) is 15.0. The van der Waals surface area contributed by atoms with E-state index in [4.69, 9.17) is 4.74 Å². The number of carbonyl (C=O) groups is 2. The van der Waals surface area contributed by atoms with E-state index in [9.17, 15) is 9.59 Å². The molecule has 132 valence electrons. The summed E-state index contributed by atoms with van der Waals surface area (Å²) < 4.78 is 4.94. The van der Waals surface area contributed by atoms with Crippen LogP contribution in [0.3, 0.4) is 0 Å². The lowest BCUT2D eigenvalue weighted by molar-refractivity contribution is -0.125. The number of methoxy groups -OCH3 is 1. The first-order valence-electron chi connectivity index (χ1n) is 8.51. The third-order valence-electron chi connectivity index (χ3n) is 4.31. The molecule has 5 nitrogen and oxygen atoms in total. The highest BCUT2D eigenvalue weighted by atomic mass is 16.5. The molecule has 1 aliphatic rings. The Labute approximate surface area is 144 Å². The number of hydrogen-bond acceptors (Lipinski definition) is 3. The van der Waals surface area contributed by atoms with Gasteiger partial charge < -0.3 is 15.4 Å². The molecule has 1 fully saturated rings. The minimum atomic E-state index is -0.213. The van der Waals surface area contributed by atoms with Crippen molar-refractivity contribution in [1.82, 2.24) is 5.32 Å². The number of benzene rings is 1. The van der Waals surface area contributed by atoms with Crippen LogP contribution in [-0.4, -0.2) is 32.1 Å². The third-order valence-corrected chi connectivity index (χ3v) is 4.31. The van der Waals surface area contributed by atoms with Crippen molar-refractivity contribution in [2.75, 3.05) is 25.6 Å². The Morgan fingerprint density at radius 3 is 2.33 bits per heavy atom. The van der Waals surface area contributed by atoms with Crippen LogP contribution in [0.4, 0.5) is 5.69 Å². The zero-order valence-corrected chi connectivity index (χ0v) is 15.0. The Balaban J connectivity index is 1.79. The molecule has 2 unspecified atom stereocenters. The van der Waals surface area contributed by atoms with E-state index >= 15 is 0 Å². The molecule has 1 saturated carbocycles. The predicted molar refractivity (Wildman–Crippen MR) is 94.9 cm³/mol. The lowest BCUT2D eigenvalue weighted by Gasteiger charge is -2.19. The molecule has 0 radical (unpaired) electrons. The summed E-state index contributed by atoms with van der Waals surface area (Å²) in [4.78, 5) is 24.2. The van der Waals surface area contributed by atoms with Crippen molar-refractivity contribution in [2.24, 2.45) is 11.8 Å². The molecule has 24 heavy (non-hydrogen) atoms. The minimum Gasteiger partial charge on any atom is -0.385 e. The van der Waals surface area contributed by atoms with Crippen LogP contribution in [0.25, 0.3) is 0 Å². The van der Waals surface area contributed by atoms with E-state index in [2.05, 4.69) is 31.4 Å². The first kappa shape index (κ1) is 18.5. The molecule has 0 heterocycles. The Morgan fingerprint density at radius 1 is 1.12 bits per heavy atom. The van der Waals surface area contributed by atoms with Gasteiger partial charge in [-0.1, -0.05) is 32.9 Å². The Bertz CT molecular complexity index is 575. The number of carbonyl (C=O) groups excluding carboxylic acids is 2. The van der Waals surface area contributed by atoms with Crippen LogP contribution in [0.2, 0.25) is 0 Å². The van der Waals surface area contributed by atoms with Crippen molar-refractivity contribution in [3.63, 3.8) is 0 Å². The van der Waals surface area contributed by atoms with Crippen LogP contribution < -0.4 is 10.6 Å². The van der Waals surface area contributed by atoms with Crippen molar-refractivity contribution < 1.29 is 14.3 Å². The van der Waals surface area contributed by atoms with E-state index in [1.807, 2.05) is 24.3 Å². The van der Waals surface area contributed by atoms with Crippen LogP contribution >= 0.6 is 0 Å². The maximum atomic E-state index is 12.2. The molecule has 5 heteroatoms. The Kier molecular flexibility index (Phi) is 5.99. The first-order valence-corrected chi connectivity index (χ1v) is 8.51. The molecule has 0 spiro atoms. The molecule has 0 aromatic heterocycles. The quantitative estimate of drug-likeness (QED) is 0.755.